The van der Waals surface area contributed by atoms with Crippen molar-refractivity contribution in [3.63, 3.8) is 0 Å². The second kappa shape index (κ2) is 9.39. The van der Waals surface area contributed by atoms with Crippen molar-refractivity contribution in [1.29, 1.82) is 0 Å². The zero-order valence-corrected chi connectivity index (χ0v) is 21.5. The van der Waals surface area contributed by atoms with Gasteiger partial charge >= 0.3 is 0 Å². The molecule has 0 spiro atoms. The van der Waals surface area contributed by atoms with E-state index in [1.54, 1.807) is 6.20 Å². The predicted octanol–water partition coefficient (Wildman–Crippen LogP) is 7.17. The molecular weight excluding hydrogens is 510 g/mol. The topological polar surface area (TPSA) is 103 Å². The number of furan rings is 1. The van der Waals surface area contributed by atoms with E-state index in [-0.39, 0.29) is 0 Å². The van der Waals surface area contributed by atoms with Crippen LogP contribution in [0.5, 0.6) is 0 Å². The lowest BCUT2D eigenvalue weighted by atomic mass is 10.1. The van der Waals surface area contributed by atoms with Crippen LogP contribution in [0.15, 0.2) is 120 Å². The van der Waals surface area contributed by atoms with E-state index in [1.165, 1.54) is 6.33 Å². The van der Waals surface area contributed by atoms with Crippen molar-refractivity contribution >= 4 is 33.0 Å². The van der Waals surface area contributed by atoms with Gasteiger partial charge in [-0.05, 0) is 18.2 Å². The van der Waals surface area contributed by atoms with Gasteiger partial charge in [-0.2, -0.15) is 0 Å². The van der Waals surface area contributed by atoms with Crippen LogP contribution in [-0.4, -0.2) is 34.9 Å². The number of benzene rings is 4. The second-order valence-electron chi connectivity index (χ2n) is 9.51. The highest BCUT2D eigenvalue weighted by Gasteiger charge is 2.19. The first-order chi connectivity index (χ1) is 20.3. The van der Waals surface area contributed by atoms with Gasteiger partial charge in [0.25, 0.3) is 0 Å². The first-order valence-electron chi connectivity index (χ1n) is 13.1. The van der Waals surface area contributed by atoms with Crippen LogP contribution in [-0.2, 0) is 0 Å². The molecule has 0 radical (unpaired) electrons. The highest BCUT2D eigenvalue weighted by molar-refractivity contribution is 6.10. The minimum Gasteiger partial charge on any atom is -0.438 e. The van der Waals surface area contributed by atoms with Crippen molar-refractivity contribution < 1.29 is 4.42 Å². The van der Waals surface area contributed by atoms with Crippen molar-refractivity contribution in [2.45, 2.75) is 0 Å². The molecule has 4 heterocycles. The summed E-state index contributed by atoms with van der Waals surface area (Å²) in [5.74, 6) is 2.26. The van der Waals surface area contributed by atoms with Crippen LogP contribution >= 0.6 is 0 Å². The van der Waals surface area contributed by atoms with Gasteiger partial charge in [0.15, 0.2) is 23.3 Å². The molecule has 192 valence electrons. The van der Waals surface area contributed by atoms with Crippen molar-refractivity contribution in [3.05, 3.63) is 116 Å². The maximum absolute atomic E-state index is 6.22. The van der Waals surface area contributed by atoms with Gasteiger partial charge in [-0.1, -0.05) is 84.9 Å². The molecule has 0 fully saturated rings. The van der Waals surface area contributed by atoms with E-state index in [2.05, 4.69) is 15.0 Å². The van der Waals surface area contributed by atoms with E-state index in [4.69, 9.17) is 24.4 Å². The molecule has 8 nitrogen and oxygen atoms in total. The van der Waals surface area contributed by atoms with Gasteiger partial charge in [-0.3, -0.25) is 0 Å². The van der Waals surface area contributed by atoms with E-state index in [1.807, 2.05) is 103 Å². The minimum atomic E-state index is 0.463. The number of para-hydroxylation sites is 1. The fraction of sp³-hybridized carbons (Fsp3) is 0. The molecule has 4 aromatic heterocycles. The molecule has 4 aromatic carbocycles. The number of fused-ring (bicyclic) bond motifs is 4. The summed E-state index contributed by atoms with van der Waals surface area (Å²) in [6.45, 7) is 0. The maximum atomic E-state index is 6.22. The molecule has 0 N–H and O–H groups in total. The Hall–Kier alpha value is -5.89. The van der Waals surface area contributed by atoms with Gasteiger partial charge in [0.1, 0.15) is 17.6 Å². The Morgan fingerprint density at radius 3 is 1.90 bits per heavy atom. The maximum Gasteiger partial charge on any atom is 0.231 e. The van der Waals surface area contributed by atoms with Gasteiger partial charge < -0.3 is 4.42 Å². The third-order valence-electron chi connectivity index (χ3n) is 6.93. The molecule has 0 aliphatic rings. The van der Waals surface area contributed by atoms with E-state index in [0.29, 0.717) is 40.3 Å². The molecule has 8 aromatic rings. The average Bonchev–Trinajstić information content (AvgIpc) is 3.43. The molecule has 0 saturated heterocycles. The minimum absolute atomic E-state index is 0.463. The first kappa shape index (κ1) is 23.0. The third-order valence-corrected chi connectivity index (χ3v) is 6.93. The highest BCUT2D eigenvalue weighted by atomic mass is 16.3. The van der Waals surface area contributed by atoms with E-state index in [0.717, 1.165) is 38.4 Å². The van der Waals surface area contributed by atoms with Gasteiger partial charge in [0.05, 0.1) is 10.9 Å². The highest BCUT2D eigenvalue weighted by Crippen LogP contribution is 2.35. The Labute approximate surface area is 233 Å². The summed E-state index contributed by atoms with van der Waals surface area (Å²) < 4.78 is 6.22. The number of hydrogen-bond donors (Lipinski definition) is 0. The third kappa shape index (κ3) is 4.06. The van der Waals surface area contributed by atoms with Crippen LogP contribution < -0.4 is 0 Å². The van der Waals surface area contributed by atoms with Crippen LogP contribution in [0.3, 0.4) is 0 Å². The monoisotopic (exact) mass is 529 g/mol. The van der Waals surface area contributed by atoms with Crippen molar-refractivity contribution in [1.82, 2.24) is 34.9 Å². The van der Waals surface area contributed by atoms with Crippen molar-refractivity contribution in [3.8, 4) is 45.7 Å². The van der Waals surface area contributed by atoms with Crippen molar-refractivity contribution in [2.75, 3.05) is 0 Å². The van der Waals surface area contributed by atoms with Gasteiger partial charge in [-0.25, -0.2) is 34.9 Å². The number of aromatic nitrogens is 7. The van der Waals surface area contributed by atoms with Crippen LogP contribution in [0.2, 0.25) is 0 Å². The Morgan fingerprint density at radius 1 is 0.512 bits per heavy atom. The van der Waals surface area contributed by atoms with Gasteiger partial charge in [0, 0.05) is 33.7 Å². The molecule has 0 amide bonds. The number of nitrogens with zero attached hydrogens (tertiary/aromatic N) is 7. The molecule has 0 unspecified atom stereocenters. The Kier molecular flexibility index (Phi) is 5.28. The summed E-state index contributed by atoms with van der Waals surface area (Å²) in [5.41, 5.74) is 5.18. The SMILES string of the molecule is c1ccc(-c2nc(-c3ccccc3)nc(-c3ccc4c(c3)oc3ncnc(-c5ncc6ccccc6n5)c34)n2)cc1. The quantitative estimate of drug-likeness (QED) is 0.236. The molecule has 0 bridgehead atoms. The first-order valence-corrected chi connectivity index (χ1v) is 13.1. The lowest BCUT2D eigenvalue weighted by molar-refractivity contribution is 0.653. The lowest BCUT2D eigenvalue weighted by Gasteiger charge is -2.08. The smallest absolute Gasteiger partial charge is 0.231 e. The van der Waals surface area contributed by atoms with E-state index < -0.39 is 0 Å². The largest absolute Gasteiger partial charge is 0.438 e. The van der Waals surface area contributed by atoms with Crippen LogP contribution in [0, 0.1) is 0 Å². The van der Waals surface area contributed by atoms with Gasteiger partial charge in [-0.15, -0.1) is 0 Å². The molecular formula is C33H19N7O. The summed E-state index contributed by atoms with van der Waals surface area (Å²) in [5, 5.41) is 2.58. The fourth-order valence-corrected chi connectivity index (χ4v) is 4.94. The number of rotatable bonds is 4. The lowest BCUT2D eigenvalue weighted by Crippen LogP contribution is -2.00. The molecule has 8 heteroatoms. The zero-order valence-electron chi connectivity index (χ0n) is 21.5. The van der Waals surface area contributed by atoms with Crippen LogP contribution in [0.4, 0.5) is 0 Å². The van der Waals surface area contributed by atoms with Crippen LogP contribution in [0.25, 0.3) is 78.7 Å². The Balaban J connectivity index is 1.29. The van der Waals surface area contributed by atoms with Gasteiger partial charge in [0.2, 0.25) is 5.71 Å². The molecule has 0 aliphatic carbocycles. The summed E-state index contributed by atoms with van der Waals surface area (Å²) in [6.07, 6.45) is 3.28. The molecule has 0 aliphatic heterocycles. The summed E-state index contributed by atoms with van der Waals surface area (Å²) in [6, 6.07) is 33.6. The van der Waals surface area contributed by atoms with Crippen molar-refractivity contribution in [2.24, 2.45) is 0 Å². The predicted molar refractivity (Wildman–Crippen MR) is 158 cm³/mol. The van der Waals surface area contributed by atoms with E-state index in [9.17, 15) is 0 Å². The Bertz CT molecular complexity index is 2160. The zero-order chi connectivity index (χ0) is 27.2. The summed E-state index contributed by atoms with van der Waals surface area (Å²) in [4.78, 5) is 32.8. The Morgan fingerprint density at radius 2 is 1.17 bits per heavy atom. The second-order valence-corrected chi connectivity index (χ2v) is 9.51. The summed E-state index contributed by atoms with van der Waals surface area (Å²) in [7, 11) is 0. The molecule has 0 saturated carbocycles. The standard InChI is InChI=1S/C33H19N7O/c1-3-9-20(10-4-1)29-38-30(21-11-5-2-6-12-21)40-31(39-29)22-15-16-24-26(17-22)41-33-27(24)28(35-19-36-33)32-34-18-23-13-7-8-14-25(23)37-32/h1-19H. The molecule has 0 atom stereocenters. The average molecular weight is 530 g/mol. The fourth-order valence-electron chi connectivity index (χ4n) is 4.94. The van der Waals surface area contributed by atoms with E-state index >= 15 is 0 Å². The van der Waals surface area contributed by atoms with Crippen LogP contribution in [0.1, 0.15) is 0 Å². The molecule has 8 rings (SSSR count). The number of hydrogen-bond acceptors (Lipinski definition) is 8. The summed E-state index contributed by atoms with van der Waals surface area (Å²) >= 11 is 0. The molecule has 41 heavy (non-hydrogen) atoms. The normalized spacial score (nSPS) is 11.4.